The average molecular weight is 267 g/mol. The van der Waals surface area contributed by atoms with E-state index < -0.39 is 0 Å². The van der Waals surface area contributed by atoms with Gasteiger partial charge in [-0.2, -0.15) is 10.2 Å². The number of nitrogens with one attached hydrogen (secondary N) is 1. The van der Waals surface area contributed by atoms with Gasteiger partial charge in [0.1, 0.15) is 17.2 Å². The number of anilines is 1. The van der Waals surface area contributed by atoms with Gasteiger partial charge >= 0.3 is 0 Å². The van der Waals surface area contributed by atoms with Gasteiger partial charge in [0.25, 0.3) is 5.56 Å². The molecule has 1 aromatic carbocycles. The van der Waals surface area contributed by atoms with Crippen LogP contribution in [0.15, 0.2) is 47.3 Å². The average Bonchev–Trinajstić information content (AvgIpc) is 2.77. The van der Waals surface area contributed by atoms with Crippen LogP contribution in [-0.4, -0.2) is 20.0 Å². The van der Waals surface area contributed by atoms with Gasteiger partial charge in [-0.25, -0.2) is 5.10 Å². The maximum atomic E-state index is 11.1. The van der Waals surface area contributed by atoms with Crippen LogP contribution in [0.4, 0.5) is 5.82 Å². The molecule has 0 aliphatic rings. The number of nitrogens with zero attached hydrogens (tertiary/aromatic N) is 3. The molecule has 6 nitrogen and oxygen atoms in total. The van der Waals surface area contributed by atoms with Gasteiger partial charge in [-0.1, -0.05) is 30.3 Å². The van der Waals surface area contributed by atoms with Crippen LogP contribution in [0, 0.1) is 0 Å². The number of rotatable bonds is 2. The predicted octanol–water partition coefficient (Wildman–Crippen LogP) is 1.42. The minimum Gasteiger partial charge on any atom is -0.383 e. The van der Waals surface area contributed by atoms with Crippen molar-refractivity contribution >= 4 is 5.82 Å². The molecule has 3 aromatic rings. The molecule has 0 fully saturated rings. The highest BCUT2D eigenvalue weighted by Gasteiger charge is 2.18. The molecule has 2 aromatic heterocycles. The Morgan fingerprint density at radius 2 is 1.90 bits per heavy atom. The second-order valence-electron chi connectivity index (χ2n) is 4.40. The number of hydrogen-bond acceptors (Lipinski definition) is 4. The highest BCUT2D eigenvalue weighted by molar-refractivity contribution is 5.86. The summed E-state index contributed by atoms with van der Waals surface area (Å²) in [4.78, 5) is 11.1. The molecule has 6 heteroatoms. The van der Waals surface area contributed by atoms with E-state index in [0.29, 0.717) is 17.2 Å². The first kappa shape index (κ1) is 12.2. The number of benzene rings is 1. The van der Waals surface area contributed by atoms with E-state index in [4.69, 9.17) is 5.73 Å². The molecule has 0 unspecified atom stereocenters. The first-order valence-corrected chi connectivity index (χ1v) is 6.11. The summed E-state index contributed by atoms with van der Waals surface area (Å²) in [6, 6.07) is 12.8. The highest BCUT2D eigenvalue weighted by atomic mass is 16.1. The van der Waals surface area contributed by atoms with E-state index in [9.17, 15) is 4.79 Å². The predicted molar refractivity (Wildman–Crippen MR) is 76.9 cm³/mol. The van der Waals surface area contributed by atoms with Crippen LogP contribution in [0.3, 0.4) is 0 Å². The zero-order valence-corrected chi connectivity index (χ0v) is 10.9. The lowest BCUT2D eigenvalue weighted by Gasteiger charge is -2.03. The Bertz CT molecular complexity index is 784. The van der Waals surface area contributed by atoms with Crippen LogP contribution >= 0.6 is 0 Å². The lowest BCUT2D eigenvalue weighted by Crippen LogP contribution is -2.06. The van der Waals surface area contributed by atoms with Gasteiger partial charge in [0, 0.05) is 13.1 Å². The van der Waals surface area contributed by atoms with E-state index in [1.807, 2.05) is 30.3 Å². The van der Waals surface area contributed by atoms with Crippen molar-refractivity contribution in [2.75, 3.05) is 5.73 Å². The van der Waals surface area contributed by atoms with E-state index in [0.717, 1.165) is 11.1 Å². The monoisotopic (exact) mass is 267 g/mol. The molecule has 3 rings (SSSR count). The van der Waals surface area contributed by atoms with Crippen molar-refractivity contribution in [3.63, 3.8) is 0 Å². The summed E-state index contributed by atoms with van der Waals surface area (Å²) in [6.07, 6.45) is 0. The largest absolute Gasteiger partial charge is 0.383 e. The first-order chi connectivity index (χ1) is 9.66. The Morgan fingerprint density at radius 3 is 2.55 bits per heavy atom. The maximum absolute atomic E-state index is 11.1. The summed E-state index contributed by atoms with van der Waals surface area (Å²) >= 11 is 0. The normalized spacial score (nSPS) is 10.7. The smallest absolute Gasteiger partial charge is 0.264 e. The first-order valence-electron chi connectivity index (χ1n) is 6.11. The Balaban J connectivity index is 2.24. The molecule has 0 saturated carbocycles. The van der Waals surface area contributed by atoms with Crippen molar-refractivity contribution in [1.82, 2.24) is 20.0 Å². The molecule has 0 spiro atoms. The summed E-state index contributed by atoms with van der Waals surface area (Å²) in [5.41, 5.74) is 8.85. The van der Waals surface area contributed by atoms with Gasteiger partial charge in [-0.3, -0.25) is 9.48 Å². The third-order valence-corrected chi connectivity index (χ3v) is 3.08. The van der Waals surface area contributed by atoms with E-state index in [-0.39, 0.29) is 5.56 Å². The van der Waals surface area contributed by atoms with Gasteiger partial charge in [0.05, 0.1) is 5.56 Å². The fourth-order valence-electron chi connectivity index (χ4n) is 2.08. The second kappa shape index (κ2) is 4.65. The number of H-pyrrole nitrogens is 1. The molecule has 100 valence electrons. The van der Waals surface area contributed by atoms with Crippen molar-refractivity contribution in [3.05, 3.63) is 52.8 Å². The molecule has 0 amide bonds. The van der Waals surface area contributed by atoms with Crippen LogP contribution in [-0.2, 0) is 7.05 Å². The van der Waals surface area contributed by atoms with Crippen molar-refractivity contribution in [2.24, 2.45) is 7.05 Å². The van der Waals surface area contributed by atoms with Crippen LogP contribution in [0.5, 0.6) is 0 Å². The number of nitrogen functional groups attached to an aromatic ring is 1. The summed E-state index contributed by atoms with van der Waals surface area (Å²) in [5, 5.41) is 10.8. The lowest BCUT2D eigenvalue weighted by atomic mass is 10.0. The SMILES string of the molecule is Cn1nc(-c2ccc(=O)[nH]n2)c(-c2ccccc2)c1N. The van der Waals surface area contributed by atoms with Crippen LogP contribution < -0.4 is 11.3 Å². The Kier molecular flexibility index (Phi) is 2.83. The van der Waals surface area contributed by atoms with Crippen LogP contribution in [0.2, 0.25) is 0 Å². The van der Waals surface area contributed by atoms with Gasteiger partial charge < -0.3 is 5.73 Å². The summed E-state index contributed by atoms with van der Waals surface area (Å²) in [5.74, 6) is 0.555. The number of nitrogens with two attached hydrogens (primary N) is 1. The molecule has 0 atom stereocenters. The molecule has 2 heterocycles. The summed E-state index contributed by atoms with van der Waals surface area (Å²) in [7, 11) is 1.77. The number of aromatic amines is 1. The molecule has 0 aliphatic carbocycles. The third kappa shape index (κ3) is 1.97. The fraction of sp³-hybridized carbons (Fsp3) is 0.0714. The van der Waals surface area contributed by atoms with Crippen molar-refractivity contribution < 1.29 is 0 Å². The van der Waals surface area contributed by atoms with E-state index in [1.165, 1.54) is 6.07 Å². The van der Waals surface area contributed by atoms with Crippen molar-refractivity contribution in [3.8, 4) is 22.5 Å². The molecule has 3 N–H and O–H groups in total. The quantitative estimate of drug-likeness (QED) is 0.734. The van der Waals surface area contributed by atoms with Gasteiger partial charge in [0.15, 0.2) is 0 Å². The molecular formula is C14H13N5O. The summed E-state index contributed by atoms with van der Waals surface area (Å²) < 4.78 is 1.60. The van der Waals surface area contributed by atoms with E-state index in [1.54, 1.807) is 17.8 Å². The molecule has 0 bridgehead atoms. The molecule has 0 saturated heterocycles. The van der Waals surface area contributed by atoms with Gasteiger partial charge in [-0.05, 0) is 11.6 Å². The van der Waals surface area contributed by atoms with E-state index in [2.05, 4.69) is 15.3 Å². The van der Waals surface area contributed by atoms with Crippen LogP contribution in [0.1, 0.15) is 0 Å². The zero-order valence-electron chi connectivity index (χ0n) is 10.9. The summed E-state index contributed by atoms with van der Waals surface area (Å²) in [6.45, 7) is 0. The minimum atomic E-state index is -0.251. The van der Waals surface area contributed by atoms with Gasteiger partial charge in [-0.15, -0.1) is 0 Å². The zero-order chi connectivity index (χ0) is 14.1. The number of hydrogen-bond donors (Lipinski definition) is 2. The van der Waals surface area contributed by atoms with Gasteiger partial charge in [0.2, 0.25) is 0 Å². The van der Waals surface area contributed by atoms with Crippen molar-refractivity contribution in [1.29, 1.82) is 0 Å². The molecule has 0 aliphatic heterocycles. The second-order valence-corrected chi connectivity index (χ2v) is 4.40. The standard InChI is InChI=1S/C14H13N5O/c1-19-14(15)12(9-5-3-2-4-6-9)13(18-19)10-7-8-11(20)17-16-10/h2-8H,15H2,1H3,(H,17,20). The molecular weight excluding hydrogens is 254 g/mol. The highest BCUT2D eigenvalue weighted by Crippen LogP contribution is 2.34. The third-order valence-electron chi connectivity index (χ3n) is 3.08. The molecule has 20 heavy (non-hydrogen) atoms. The van der Waals surface area contributed by atoms with Crippen molar-refractivity contribution in [2.45, 2.75) is 0 Å². The Hall–Kier alpha value is -2.89. The Labute approximate surface area is 114 Å². The minimum absolute atomic E-state index is 0.251. The molecule has 0 radical (unpaired) electrons. The number of aromatic nitrogens is 4. The Morgan fingerprint density at radius 1 is 1.15 bits per heavy atom. The fourth-order valence-corrected chi connectivity index (χ4v) is 2.08. The topological polar surface area (TPSA) is 89.6 Å². The van der Waals surface area contributed by atoms with E-state index >= 15 is 0 Å². The number of aryl methyl sites for hydroxylation is 1. The lowest BCUT2D eigenvalue weighted by molar-refractivity contribution is 0.780. The van der Waals surface area contributed by atoms with Crippen LogP contribution in [0.25, 0.3) is 22.5 Å². The maximum Gasteiger partial charge on any atom is 0.264 e.